The van der Waals surface area contributed by atoms with Gasteiger partial charge in [0.2, 0.25) is 0 Å². The van der Waals surface area contributed by atoms with Crippen LogP contribution in [0, 0.1) is 0 Å². The second kappa shape index (κ2) is 12.0. The maximum atomic E-state index is 11.5. The van der Waals surface area contributed by atoms with Gasteiger partial charge in [-0.15, -0.1) is 12.4 Å². The zero-order chi connectivity index (χ0) is 17.1. The van der Waals surface area contributed by atoms with Crippen LogP contribution in [0.15, 0.2) is 29.4 Å². The van der Waals surface area contributed by atoms with Crippen LogP contribution < -0.4 is 11.1 Å². The number of halogens is 1. The van der Waals surface area contributed by atoms with Crippen LogP contribution in [0.2, 0.25) is 0 Å². The lowest BCUT2D eigenvalue weighted by Gasteiger charge is -2.08. The van der Waals surface area contributed by atoms with Gasteiger partial charge in [-0.1, -0.05) is 29.4 Å². The Morgan fingerprint density at radius 1 is 1.33 bits per heavy atom. The summed E-state index contributed by atoms with van der Waals surface area (Å²) in [5.74, 6) is -1.02. The number of unbranched alkanes of at least 4 members (excludes halogenated alkanes) is 1. The number of nitrogens with one attached hydrogen (secondary N) is 1. The molecule has 0 unspecified atom stereocenters. The Hall–Kier alpha value is -2.48. The van der Waals surface area contributed by atoms with Crippen LogP contribution in [0.1, 0.15) is 24.8 Å². The van der Waals surface area contributed by atoms with Gasteiger partial charge in [0.15, 0.2) is 0 Å². The summed E-state index contributed by atoms with van der Waals surface area (Å²) in [6, 6.07) is 5.79. The normalized spacial score (nSPS) is 10.7. The van der Waals surface area contributed by atoms with E-state index in [2.05, 4.69) is 15.3 Å². The molecule has 0 spiro atoms. The van der Waals surface area contributed by atoms with E-state index in [1.165, 1.54) is 0 Å². The molecule has 24 heavy (non-hydrogen) atoms. The molecule has 1 atom stereocenters. The molecular formula is C14H20ClN5O4. The second-order valence-corrected chi connectivity index (χ2v) is 4.80. The Labute approximate surface area is 145 Å². The van der Waals surface area contributed by atoms with Gasteiger partial charge in [-0.3, -0.25) is 4.79 Å². The van der Waals surface area contributed by atoms with Crippen molar-refractivity contribution < 1.29 is 19.4 Å². The molecule has 10 heteroatoms. The minimum atomic E-state index is -1.02. The molecule has 0 bridgehead atoms. The van der Waals surface area contributed by atoms with Gasteiger partial charge in [-0.2, -0.15) is 0 Å². The average Bonchev–Trinajstić information content (AvgIpc) is 2.54. The standard InChI is InChI=1S/C14H19N5O4.ClH/c15-12(13(20)21)3-1-2-8-17-14(22)23-9-10-4-6-11(7-5-10)18-19-16;/h4-7,12H,1-3,8-9,15H2,(H,17,22)(H,20,21);1H/t12-;/m0./s1. The lowest BCUT2D eigenvalue weighted by molar-refractivity contribution is -0.138. The largest absolute Gasteiger partial charge is 0.480 e. The molecule has 0 aliphatic heterocycles. The van der Waals surface area contributed by atoms with Crippen molar-refractivity contribution in [2.45, 2.75) is 31.9 Å². The molecule has 0 radical (unpaired) electrons. The molecule has 0 saturated heterocycles. The van der Waals surface area contributed by atoms with E-state index in [1.807, 2.05) is 0 Å². The topological polar surface area (TPSA) is 150 Å². The van der Waals surface area contributed by atoms with Crippen LogP contribution in [0.5, 0.6) is 0 Å². The monoisotopic (exact) mass is 357 g/mol. The van der Waals surface area contributed by atoms with E-state index in [4.69, 9.17) is 21.1 Å². The number of carboxylic acids is 1. The smallest absolute Gasteiger partial charge is 0.407 e. The van der Waals surface area contributed by atoms with E-state index < -0.39 is 18.1 Å². The summed E-state index contributed by atoms with van der Waals surface area (Å²) < 4.78 is 5.02. The number of carbonyl (C=O) groups is 2. The highest BCUT2D eigenvalue weighted by Gasteiger charge is 2.10. The summed E-state index contributed by atoms with van der Waals surface area (Å²) in [5, 5.41) is 14.6. The summed E-state index contributed by atoms with van der Waals surface area (Å²) >= 11 is 0. The lowest BCUT2D eigenvalue weighted by Crippen LogP contribution is -2.30. The zero-order valence-corrected chi connectivity index (χ0v) is 13.7. The molecule has 0 aromatic heterocycles. The summed E-state index contributed by atoms with van der Waals surface area (Å²) in [6.07, 6.45) is 1.04. The number of hydrogen-bond donors (Lipinski definition) is 3. The van der Waals surface area contributed by atoms with Crippen LogP contribution in [-0.2, 0) is 16.1 Å². The third-order valence-corrected chi connectivity index (χ3v) is 2.99. The van der Waals surface area contributed by atoms with Crippen molar-refractivity contribution in [3.63, 3.8) is 0 Å². The summed E-state index contributed by atoms with van der Waals surface area (Å²) in [4.78, 5) is 24.7. The Bertz CT molecular complexity index is 575. The predicted molar refractivity (Wildman–Crippen MR) is 90.1 cm³/mol. The molecule has 1 rings (SSSR count). The molecule has 0 fully saturated rings. The number of rotatable bonds is 9. The molecule has 1 amide bonds. The van der Waals surface area contributed by atoms with Gasteiger partial charge < -0.3 is 20.9 Å². The molecule has 0 saturated carbocycles. The van der Waals surface area contributed by atoms with Crippen LogP contribution >= 0.6 is 12.4 Å². The van der Waals surface area contributed by atoms with Crippen molar-refractivity contribution in [1.82, 2.24) is 5.32 Å². The van der Waals surface area contributed by atoms with Gasteiger partial charge in [-0.05, 0) is 30.4 Å². The number of benzene rings is 1. The van der Waals surface area contributed by atoms with Crippen LogP contribution in [-0.4, -0.2) is 29.8 Å². The molecule has 0 heterocycles. The van der Waals surface area contributed by atoms with Crippen LogP contribution in [0.3, 0.4) is 0 Å². The fourth-order valence-corrected chi connectivity index (χ4v) is 1.71. The van der Waals surface area contributed by atoms with Crippen molar-refractivity contribution in [3.8, 4) is 0 Å². The quantitative estimate of drug-likeness (QED) is 0.268. The fourth-order valence-electron chi connectivity index (χ4n) is 1.71. The van der Waals surface area contributed by atoms with Crippen molar-refractivity contribution in [3.05, 3.63) is 40.3 Å². The number of nitrogens with two attached hydrogens (primary N) is 1. The van der Waals surface area contributed by atoms with Gasteiger partial charge in [0.1, 0.15) is 12.6 Å². The number of hydrogen-bond acceptors (Lipinski definition) is 5. The van der Waals surface area contributed by atoms with Gasteiger partial charge in [0, 0.05) is 17.1 Å². The van der Waals surface area contributed by atoms with E-state index in [-0.39, 0.29) is 19.0 Å². The summed E-state index contributed by atoms with van der Waals surface area (Å²) in [5.41, 5.74) is 14.9. The maximum Gasteiger partial charge on any atom is 0.407 e. The van der Waals surface area contributed by atoms with Gasteiger partial charge in [-0.25, -0.2) is 4.79 Å². The lowest BCUT2D eigenvalue weighted by atomic mass is 10.1. The Balaban J connectivity index is 0.00000529. The molecule has 0 aliphatic rings. The Morgan fingerprint density at radius 2 is 2.00 bits per heavy atom. The van der Waals surface area contributed by atoms with E-state index in [0.717, 1.165) is 5.56 Å². The molecule has 9 nitrogen and oxygen atoms in total. The molecule has 1 aromatic carbocycles. The highest BCUT2D eigenvalue weighted by molar-refractivity contribution is 5.85. The number of carbonyl (C=O) groups excluding carboxylic acids is 1. The minimum absolute atomic E-state index is 0. The SMILES string of the molecule is Cl.[N-]=[N+]=Nc1ccc(COC(=O)NCCCC[C@H](N)C(=O)O)cc1. The van der Waals surface area contributed by atoms with E-state index in [9.17, 15) is 9.59 Å². The van der Waals surface area contributed by atoms with Crippen LogP contribution in [0.25, 0.3) is 10.4 Å². The van der Waals surface area contributed by atoms with E-state index in [1.54, 1.807) is 24.3 Å². The molecule has 1 aromatic rings. The van der Waals surface area contributed by atoms with Gasteiger partial charge in [0.05, 0.1) is 0 Å². The number of amides is 1. The summed E-state index contributed by atoms with van der Waals surface area (Å²) in [7, 11) is 0. The average molecular weight is 358 g/mol. The fraction of sp³-hybridized carbons (Fsp3) is 0.429. The number of nitrogens with zero attached hydrogens (tertiary/aromatic N) is 3. The Morgan fingerprint density at radius 3 is 2.58 bits per heavy atom. The molecule has 0 aliphatic carbocycles. The first-order valence-corrected chi connectivity index (χ1v) is 7.06. The molecule has 132 valence electrons. The number of alkyl carbamates (subject to hydrolysis) is 1. The molecular weight excluding hydrogens is 338 g/mol. The second-order valence-electron chi connectivity index (χ2n) is 4.80. The first kappa shape index (κ1) is 21.5. The third kappa shape index (κ3) is 8.84. The predicted octanol–water partition coefficient (Wildman–Crippen LogP) is 2.86. The van der Waals surface area contributed by atoms with Crippen molar-refractivity contribution in [1.29, 1.82) is 0 Å². The third-order valence-electron chi connectivity index (χ3n) is 2.99. The van der Waals surface area contributed by atoms with E-state index in [0.29, 0.717) is 31.5 Å². The number of ether oxygens (including phenoxy) is 1. The first-order chi connectivity index (χ1) is 11.0. The van der Waals surface area contributed by atoms with Gasteiger partial charge >= 0.3 is 12.1 Å². The number of aliphatic carboxylic acids is 1. The van der Waals surface area contributed by atoms with E-state index >= 15 is 0 Å². The Kier molecular flexibility index (Phi) is 10.8. The maximum absolute atomic E-state index is 11.5. The number of carboxylic acid groups (broad SMARTS) is 1. The van der Waals surface area contributed by atoms with Crippen molar-refractivity contribution in [2.75, 3.05) is 6.54 Å². The minimum Gasteiger partial charge on any atom is -0.480 e. The zero-order valence-electron chi connectivity index (χ0n) is 12.9. The van der Waals surface area contributed by atoms with Crippen molar-refractivity contribution in [2.24, 2.45) is 10.8 Å². The highest BCUT2D eigenvalue weighted by atomic mass is 35.5. The van der Waals surface area contributed by atoms with Gasteiger partial charge in [0.25, 0.3) is 0 Å². The first-order valence-electron chi connectivity index (χ1n) is 7.06. The summed E-state index contributed by atoms with van der Waals surface area (Å²) in [6.45, 7) is 0.493. The number of azide groups is 1. The van der Waals surface area contributed by atoms with Crippen molar-refractivity contribution >= 4 is 30.2 Å². The van der Waals surface area contributed by atoms with Crippen LogP contribution in [0.4, 0.5) is 10.5 Å². The highest BCUT2D eigenvalue weighted by Crippen LogP contribution is 2.13. The molecule has 4 N–H and O–H groups in total.